The number of benzene rings is 1. The molecule has 0 aliphatic carbocycles. The zero-order chi connectivity index (χ0) is 13.7. The van der Waals surface area contributed by atoms with E-state index in [0.717, 1.165) is 16.7 Å². The molecule has 1 aromatic rings. The molecule has 0 saturated carbocycles. The van der Waals surface area contributed by atoms with Crippen LogP contribution in [-0.4, -0.2) is 23.5 Å². The van der Waals surface area contributed by atoms with Crippen LogP contribution in [0, 0.1) is 20.8 Å². The van der Waals surface area contributed by atoms with Crippen LogP contribution in [0.2, 0.25) is 0 Å². The normalized spacial score (nSPS) is 10.2. The number of amides is 1. The van der Waals surface area contributed by atoms with Crippen molar-refractivity contribution in [3.8, 4) is 0 Å². The van der Waals surface area contributed by atoms with Crippen molar-refractivity contribution >= 4 is 11.9 Å². The smallest absolute Gasteiger partial charge is 0.305 e. The van der Waals surface area contributed by atoms with Crippen LogP contribution in [0.3, 0.4) is 0 Å². The molecule has 0 atom stereocenters. The molecular weight excluding hydrogens is 230 g/mol. The van der Waals surface area contributed by atoms with Gasteiger partial charge in [-0.05, 0) is 43.0 Å². The van der Waals surface area contributed by atoms with Crippen LogP contribution in [0.5, 0.6) is 0 Å². The Morgan fingerprint density at radius 1 is 1.11 bits per heavy atom. The van der Waals surface area contributed by atoms with Crippen LogP contribution in [0.4, 0.5) is 0 Å². The number of hydrogen-bond acceptors (Lipinski definition) is 2. The first-order chi connectivity index (χ1) is 8.40. The van der Waals surface area contributed by atoms with E-state index in [4.69, 9.17) is 5.11 Å². The zero-order valence-electron chi connectivity index (χ0n) is 11.0. The third-order valence-corrected chi connectivity index (χ3v) is 2.96. The van der Waals surface area contributed by atoms with Crippen molar-refractivity contribution in [3.05, 3.63) is 34.4 Å². The molecule has 0 aliphatic rings. The van der Waals surface area contributed by atoms with Gasteiger partial charge in [0.05, 0.1) is 12.8 Å². The Morgan fingerprint density at radius 3 is 2.33 bits per heavy atom. The number of aliphatic carboxylic acids is 1. The summed E-state index contributed by atoms with van der Waals surface area (Å²) >= 11 is 0. The first-order valence-corrected chi connectivity index (χ1v) is 5.95. The summed E-state index contributed by atoms with van der Waals surface area (Å²) in [7, 11) is 0. The number of rotatable bonds is 5. The Morgan fingerprint density at radius 2 is 1.72 bits per heavy atom. The van der Waals surface area contributed by atoms with E-state index in [9.17, 15) is 9.59 Å². The van der Waals surface area contributed by atoms with Gasteiger partial charge in [-0.25, -0.2) is 0 Å². The molecule has 0 bridgehead atoms. The number of carboxylic acid groups (broad SMARTS) is 1. The van der Waals surface area contributed by atoms with Crippen LogP contribution in [-0.2, 0) is 16.0 Å². The minimum atomic E-state index is -0.905. The maximum atomic E-state index is 11.6. The quantitative estimate of drug-likeness (QED) is 0.835. The number of carbonyl (C=O) groups is 2. The molecule has 0 heterocycles. The van der Waals surface area contributed by atoms with Crippen molar-refractivity contribution in [2.24, 2.45) is 0 Å². The molecule has 0 fully saturated rings. The first kappa shape index (κ1) is 14.2. The molecule has 1 amide bonds. The highest BCUT2D eigenvalue weighted by molar-refractivity contribution is 5.79. The largest absolute Gasteiger partial charge is 0.481 e. The second kappa shape index (κ2) is 6.19. The lowest BCUT2D eigenvalue weighted by molar-refractivity contribution is -0.136. The molecule has 1 aromatic carbocycles. The lowest BCUT2D eigenvalue weighted by atomic mass is 9.98. The molecule has 4 nitrogen and oxygen atoms in total. The molecular formula is C14H19NO3. The predicted molar refractivity (Wildman–Crippen MR) is 69.6 cm³/mol. The Bertz CT molecular complexity index is 466. The van der Waals surface area contributed by atoms with Crippen LogP contribution < -0.4 is 5.32 Å². The fourth-order valence-corrected chi connectivity index (χ4v) is 1.76. The summed E-state index contributed by atoms with van der Waals surface area (Å²) < 4.78 is 0. The highest BCUT2D eigenvalue weighted by Gasteiger charge is 2.08. The first-order valence-electron chi connectivity index (χ1n) is 5.95. The van der Waals surface area contributed by atoms with E-state index in [2.05, 4.69) is 11.4 Å². The fraction of sp³-hybridized carbons (Fsp3) is 0.429. The van der Waals surface area contributed by atoms with Crippen molar-refractivity contribution < 1.29 is 14.7 Å². The summed E-state index contributed by atoms with van der Waals surface area (Å²) in [4.78, 5) is 22.0. The molecule has 2 N–H and O–H groups in total. The van der Waals surface area contributed by atoms with Gasteiger partial charge in [0.25, 0.3) is 0 Å². The van der Waals surface area contributed by atoms with E-state index in [1.54, 1.807) is 0 Å². The van der Waals surface area contributed by atoms with E-state index in [1.807, 2.05) is 26.8 Å². The van der Waals surface area contributed by atoms with Gasteiger partial charge in [-0.15, -0.1) is 0 Å². The van der Waals surface area contributed by atoms with Crippen LogP contribution in [0.1, 0.15) is 28.7 Å². The molecule has 98 valence electrons. The minimum Gasteiger partial charge on any atom is -0.481 e. The minimum absolute atomic E-state index is 0.0440. The van der Waals surface area contributed by atoms with Gasteiger partial charge < -0.3 is 10.4 Å². The molecule has 0 saturated heterocycles. The summed E-state index contributed by atoms with van der Waals surface area (Å²) in [6, 6.07) is 4.08. The average Bonchev–Trinajstić information content (AvgIpc) is 2.25. The fourth-order valence-electron chi connectivity index (χ4n) is 1.76. The van der Waals surface area contributed by atoms with Gasteiger partial charge in [0.2, 0.25) is 5.91 Å². The molecule has 4 heteroatoms. The van der Waals surface area contributed by atoms with Crippen molar-refractivity contribution in [1.82, 2.24) is 5.32 Å². The summed E-state index contributed by atoms with van der Waals surface area (Å²) in [6.45, 7) is 6.21. The van der Waals surface area contributed by atoms with Crippen molar-refractivity contribution in [2.45, 2.75) is 33.6 Å². The molecule has 18 heavy (non-hydrogen) atoms. The summed E-state index contributed by atoms with van der Waals surface area (Å²) in [5.41, 5.74) is 4.45. The zero-order valence-corrected chi connectivity index (χ0v) is 11.0. The molecule has 0 aromatic heterocycles. The lowest BCUT2D eigenvalue weighted by Gasteiger charge is -2.10. The van der Waals surface area contributed by atoms with E-state index >= 15 is 0 Å². The van der Waals surface area contributed by atoms with Gasteiger partial charge in [-0.2, -0.15) is 0 Å². The SMILES string of the molecule is Cc1cc(C)c(CC(=O)NCCC(=O)O)cc1C. The topological polar surface area (TPSA) is 66.4 Å². The Labute approximate surface area is 107 Å². The average molecular weight is 249 g/mol. The Hall–Kier alpha value is -1.84. The van der Waals surface area contributed by atoms with Gasteiger partial charge in [0.1, 0.15) is 0 Å². The Balaban J connectivity index is 2.59. The number of carboxylic acids is 1. The number of carbonyl (C=O) groups excluding carboxylic acids is 1. The van der Waals surface area contributed by atoms with E-state index in [-0.39, 0.29) is 18.9 Å². The highest BCUT2D eigenvalue weighted by Crippen LogP contribution is 2.15. The van der Waals surface area contributed by atoms with Crippen molar-refractivity contribution in [1.29, 1.82) is 0 Å². The highest BCUT2D eigenvalue weighted by atomic mass is 16.4. The summed E-state index contributed by atoms with van der Waals surface area (Å²) in [5.74, 6) is -1.04. The van der Waals surface area contributed by atoms with Crippen LogP contribution in [0.25, 0.3) is 0 Å². The number of aryl methyl sites for hydroxylation is 3. The maximum absolute atomic E-state index is 11.6. The molecule has 1 rings (SSSR count). The second-order valence-corrected chi connectivity index (χ2v) is 4.53. The Kier molecular flexibility index (Phi) is 4.89. The van der Waals surface area contributed by atoms with Crippen LogP contribution in [0.15, 0.2) is 12.1 Å². The standard InChI is InChI=1S/C14H19NO3/c1-9-6-11(3)12(7-10(9)2)8-13(16)15-5-4-14(17)18/h6-7H,4-5,8H2,1-3H3,(H,15,16)(H,17,18). The summed E-state index contributed by atoms with van der Waals surface area (Å²) in [5, 5.41) is 11.1. The predicted octanol–water partition coefficient (Wildman–Crippen LogP) is 1.75. The number of nitrogens with one attached hydrogen (secondary N) is 1. The van der Waals surface area contributed by atoms with Crippen molar-refractivity contribution in [3.63, 3.8) is 0 Å². The van der Waals surface area contributed by atoms with E-state index in [1.165, 1.54) is 5.56 Å². The third kappa shape index (κ3) is 4.20. The molecule has 0 radical (unpaired) electrons. The van der Waals surface area contributed by atoms with Gasteiger partial charge in [0.15, 0.2) is 0 Å². The van der Waals surface area contributed by atoms with Crippen LogP contribution >= 0.6 is 0 Å². The third-order valence-electron chi connectivity index (χ3n) is 2.96. The maximum Gasteiger partial charge on any atom is 0.305 e. The van der Waals surface area contributed by atoms with Gasteiger partial charge >= 0.3 is 5.97 Å². The second-order valence-electron chi connectivity index (χ2n) is 4.53. The van der Waals surface area contributed by atoms with Gasteiger partial charge in [-0.1, -0.05) is 12.1 Å². The summed E-state index contributed by atoms with van der Waals surface area (Å²) in [6.07, 6.45) is 0.254. The van der Waals surface area contributed by atoms with E-state index in [0.29, 0.717) is 6.42 Å². The van der Waals surface area contributed by atoms with Crippen molar-refractivity contribution in [2.75, 3.05) is 6.54 Å². The van der Waals surface area contributed by atoms with E-state index < -0.39 is 5.97 Å². The molecule has 0 unspecified atom stereocenters. The van der Waals surface area contributed by atoms with Gasteiger partial charge in [-0.3, -0.25) is 9.59 Å². The molecule has 0 spiro atoms. The molecule has 0 aliphatic heterocycles. The van der Waals surface area contributed by atoms with Gasteiger partial charge in [0, 0.05) is 6.54 Å². The monoisotopic (exact) mass is 249 g/mol. The number of hydrogen-bond donors (Lipinski definition) is 2. The lowest BCUT2D eigenvalue weighted by Crippen LogP contribution is -2.27.